The van der Waals surface area contributed by atoms with Crippen LogP contribution in [0.15, 0.2) is 18.3 Å². The van der Waals surface area contributed by atoms with Gasteiger partial charge in [-0.2, -0.15) is 0 Å². The Hall–Kier alpha value is -0.660. The zero-order valence-electron chi connectivity index (χ0n) is 10.7. The molecule has 1 nitrogen and oxygen atoms in total. The standard InChI is InChI=1S/C15H19Cl2N/c1-2-3-4-5-6-7-11-10-18-15-13(11)8-12(16)9-14(15)17/h8-10,18H,2-7H2,1H3. The minimum absolute atomic E-state index is 0.703. The van der Waals surface area contributed by atoms with Gasteiger partial charge in [-0.25, -0.2) is 0 Å². The molecular weight excluding hydrogens is 265 g/mol. The molecule has 0 bridgehead atoms. The smallest absolute Gasteiger partial charge is 0.0661 e. The Kier molecular flexibility index (Phi) is 4.96. The van der Waals surface area contributed by atoms with E-state index < -0.39 is 0 Å². The van der Waals surface area contributed by atoms with Crippen molar-refractivity contribution < 1.29 is 0 Å². The van der Waals surface area contributed by atoms with E-state index in [4.69, 9.17) is 23.2 Å². The molecule has 0 atom stereocenters. The number of benzene rings is 1. The SMILES string of the molecule is CCCCCCCc1c[nH]c2c(Cl)cc(Cl)cc12. The zero-order valence-corrected chi connectivity index (χ0v) is 12.2. The predicted octanol–water partition coefficient (Wildman–Crippen LogP) is 5.99. The Balaban J connectivity index is 2.05. The highest BCUT2D eigenvalue weighted by molar-refractivity contribution is 6.38. The maximum atomic E-state index is 6.16. The summed E-state index contributed by atoms with van der Waals surface area (Å²) in [7, 11) is 0. The Morgan fingerprint density at radius 2 is 1.83 bits per heavy atom. The van der Waals surface area contributed by atoms with E-state index in [1.54, 1.807) is 6.07 Å². The third-order valence-electron chi connectivity index (χ3n) is 3.34. The number of aryl methyl sites for hydroxylation is 1. The predicted molar refractivity (Wildman–Crippen MR) is 80.8 cm³/mol. The molecule has 0 saturated carbocycles. The number of hydrogen-bond acceptors (Lipinski definition) is 0. The maximum absolute atomic E-state index is 6.16. The molecule has 98 valence electrons. The summed E-state index contributed by atoms with van der Waals surface area (Å²) in [6.07, 6.45) is 9.66. The van der Waals surface area contributed by atoms with E-state index in [0.717, 1.165) is 11.9 Å². The fourth-order valence-corrected chi connectivity index (χ4v) is 2.88. The van der Waals surface area contributed by atoms with Gasteiger partial charge in [-0.1, -0.05) is 55.8 Å². The second-order valence-electron chi connectivity index (χ2n) is 4.79. The number of unbranched alkanes of at least 4 members (excludes halogenated alkanes) is 4. The minimum Gasteiger partial charge on any atom is -0.360 e. The van der Waals surface area contributed by atoms with Crippen molar-refractivity contribution in [3.63, 3.8) is 0 Å². The number of aromatic nitrogens is 1. The molecule has 0 spiro atoms. The molecule has 1 heterocycles. The minimum atomic E-state index is 0.703. The fraction of sp³-hybridized carbons (Fsp3) is 0.467. The summed E-state index contributed by atoms with van der Waals surface area (Å²) in [5.74, 6) is 0. The van der Waals surface area contributed by atoms with Crippen molar-refractivity contribution in [3.8, 4) is 0 Å². The molecule has 1 aromatic heterocycles. The molecular formula is C15H19Cl2N. The van der Waals surface area contributed by atoms with Gasteiger partial charge in [0, 0.05) is 16.6 Å². The van der Waals surface area contributed by atoms with E-state index in [0.29, 0.717) is 10.0 Å². The number of halogens is 2. The molecule has 2 rings (SSSR count). The summed E-state index contributed by atoms with van der Waals surface area (Å²) in [4.78, 5) is 3.25. The highest BCUT2D eigenvalue weighted by Gasteiger charge is 2.07. The second-order valence-corrected chi connectivity index (χ2v) is 5.63. The van der Waals surface area contributed by atoms with Gasteiger partial charge in [0.2, 0.25) is 0 Å². The fourth-order valence-electron chi connectivity index (χ4n) is 2.34. The average molecular weight is 284 g/mol. The van der Waals surface area contributed by atoms with Crippen LogP contribution in [0.4, 0.5) is 0 Å². The molecule has 0 saturated heterocycles. The first-order valence-electron chi connectivity index (χ1n) is 6.67. The first kappa shape index (κ1) is 13.8. The van der Waals surface area contributed by atoms with Crippen molar-refractivity contribution in [3.05, 3.63) is 33.9 Å². The van der Waals surface area contributed by atoms with Crippen LogP contribution < -0.4 is 0 Å². The van der Waals surface area contributed by atoms with E-state index in [2.05, 4.69) is 18.1 Å². The third-order valence-corrected chi connectivity index (χ3v) is 3.86. The average Bonchev–Trinajstić information content (AvgIpc) is 2.72. The highest BCUT2D eigenvalue weighted by Crippen LogP contribution is 2.30. The monoisotopic (exact) mass is 283 g/mol. The Labute approximate surface area is 118 Å². The lowest BCUT2D eigenvalue weighted by molar-refractivity contribution is 0.633. The summed E-state index contributed by atoms with van der Waals surface area (Å²) in [5.41, 5.74) is 2.33. The van der Waals surface area contributed by atoms with E-state index in [-0.39, 0.29) is 0 Å². The quantitative estimate of drug-likeness (QED) is 0.627. The number of hydrogen-bond donors (Lipinski definition) is 1. The molecule has 18 heavy (non-hydrogen) atoms. The Morgan fingerprint density at radius 1 is 1.06 bits per heavy atom. The normalized spacial score (nSPS) is 11.3. The molecule has 0 aliphatic heterocycles. The van der Waals surface area contributed by atoms with Gasteiger partial charge < -0.3 is 4.98 Å². The molecule has 1 N–H and O–H groups in total. The van der Waals surface area contributed by atoms with Crippen LogP contribution in [0.1, 0.15) is 44.6 Å². The molecule has 0 unspecified atom stereocenters. The van der Waals surface area contributed by atoms with Gasteiger partial charge in [-0.05, 0) is 30.5 Å². The van der Waals surface area contributed by atoms with Gasteiger partial charge in [0.05, 0.1) is 10.5 Å². The van der Waals surface area contributed by atoms with Crippen molar-refractivity contribution in [1.82, 2.24) is 4.98 Å². The lowest BCUT2D eigenvalue weighted by Crippen LogP contribution is -1.84. The summed E-state index contributed by atoms with van der Waals surface area (Å²) < 4.78 is 0. The van der Waals surface area contributed by atoms with Crippen molar-refractivity contribution in [2.24, 2.45) is 0 Å². The van der Waals surface area contributed by atoms with Gasteiger partial charge >= 0.3 is 0 Å². The van der Waals surface area contributed by atoms with E-state index in [1.165, 1.54) is 43.1 Å². The van der Waals surface area contributed by atoms with Crippen molar-refractivity contribution in [2.75, 3.05) is 0 Å². The number of fused-ring (bicyclic) bond motifs is 1. The number of aromatic amines is 1. The number of nitrogens with one attached hydrogen (secondary N) is 1. The van der Waals surface area contributed by atoms with Crippen LogP contribution in [0.25, 0.3) is 10.9 Å². The maximum Gasteiger partial charge on any atom is 0.0661 e. The van der Waals surface area contributed by atoms with Gasteiger partial charge in [-0.15, -0.1) is 0 Å². The van der Waals surface area contributed by atoms with Crippen LogP contribution in [-0.4, -0.2) is 4.98 Å². The first-order chi connectivity index (χ1) is 8.72. The second kappa shape index (κ2) is 6.49. The summed E-state index contributed by atoms with van der Waals surface area (Å²) in [6, 6.07) is 3.79. The van der Waals surface area contributed by atoms with Crippen LogP contribution in [0.2, 0.25) is 10.0 Å². The molecule has 0 aliphatic rings. The Bertz CT molecular complexity index is 516. The van der Waals surface area contributed by atoms with Gasteiger partial charge in [0.25, 0.3) is 0 Å². The summed E-state index contributed by atoms with van der Waals surface area (Å²) in [6.45, 7) is 2.24. The van der Waals surface area contributed by atoms with Crippen LogP contribution in [0.5, 0.6) is 0 Å². The molecule has 0 radical (unpaired) electrons. The molecule has 0 fully saturated rings. The molecule has 0 amide bonds. The zero-order chi connectivity index (χ0) is 13.0. The lowest BCUT2D eigenvalue weighted by atomic mass is 10.0. The number of H-pyrrole nitrogens is 1. The Morgan fingerprint density at radius 3 is 2.61 bits per heavy atom. The summed E-state index contributed by atoms with van der Waals surface area (Å²) in [5, 5.41) is 2.58. The van der Waals surface area contributed by atoms with Crippen LogP contribution >= 0.6 is 23.2 Å². The highest BCUT2D eigenvalue weighted by atomic mass is 35.5. The van der Waals surface area contributed by atoms with Crippen LogP contribution in [0.3, 0.4) is 0 Å². The van der Waals surface area contributed by atoms with Crippen LogP contribution in [0, 0.1) is 0 Å². The molecule has 0 aliphatic carbocycles. The first-order valence-corrected chi connectivity index (χ1v) is 7.43. The van der Waals surface area contributed by atoms with Gasteiger partial charge in [-0.3, -0.25) is 0 Å². The van der Waals surface area contributed by atoms with Gasteiger partial charge in [0.1, 0.15) is 0 Å². The number of rotatable bonds is 6. The largest absolute Gasteiger partial charge is 0.360 e. The molecule has 1 aromatic carbocycles. The van der Waals surface area contributed by atoms with Crippen molar-refractivity contribution in [2.45, 2.75) is 45.4 Å². The van der Waals surface area contributed by atoms with Crippen LogP contribution in [-0.2, 0) is 6.42 Å². The summed E-state index contributed by atoms with van der Waals surface area (Å²) >= 11 is 12.2. The molecule has 3 heteroatoms. The van der Waals surface area contributed by atoms with Crippen molar-refractivity contribution >= 4 is 34.1 Å². The molecule has 2 aromatic rings. The van der Waals surface area contributed by atoms with E-state index >= 15 is 0 Å². The topological polar surface area (TPSA) is 15.8 Å². The van der Waals surface area contributed by atoms with E-state index in [9.17, 15) is 0 Å². The lowest BCUT2D eigenvalue weighted by Gasteiger charge is -2.01. The van der Waals surface area contributed by atoms with Gasteiger partial charge in [0.15, 0.2) is 0 Å². The third kappa shape index (κ3) is 3.21. The van der Waals surface area contributed by atoms with E-state index in [1.807, 2.05) is 6.07 Å². The van der Waals surface area contributed by atoms with Crippen molar-refractivity contribution in [1.29, 1.82) is 0 Å².